The van der Waals surface area contributed by atoms with Gasteiger partial charge in [-0.3, -0.25) is 4.90 Å². The van der Waals surface area contributed by atoms with E-state index < -0.39 is 0 Å². The Morgan fingerprint density at radius 1 is 0.833 bits per heavy atom. The summed E-state index contributed by atoms with van der Waals surface area (Å²) in [7, 11) is 0. The largest absolute Gasteiger partial charge is 0.394 e. The molecule has 1 aliphatic rings. The van der Waals surface area contributed by atoms with E-state index in [4.69, 9.17) is 9.84 Å². The molecule has 0 radical (unpaired) electrons. The van der Waals surface area contributed by atoms with Crippen LogP contribution >= 0.6 is 0 Å². The van der Waals surface area contributed by atoms with Gasteiger partial charge in [0, 0.05) is 58.9 Å². The van der Waals surface area contributed by atoms with Gasteiger partial charge in [0.05, 0.1) is 19.8 Å². The van der Waals surface area contributed by atoms with Crippen molar-refractivity contribution >= 4 is 0 Å². The number of hydrogen-bond acceptors (Lipinski definition) is 6. The van der Waals surface area contributed by atoms with Crippen LogP contribution in [-0.4, -0.2) is 88.7 Å². The van der Waals surface area contributed by atoms with Crippen molar-refractivity contribution in [3.05, 3.63) is 0 Å². The number of ether oxygens (including phenoxy) is 1. The molecule has 0 aromatic heterocycles. The molecule has 6 nitrogen and oxygen atoms in total. The number of nitrogens with zero attached hydrogens (tertiary/aromatic N) is 1. The maximum atomic E-state index is 8.65. The lowest BCUT2D eigenvalue weighted by molar-refractivity contribution is 0.0739. The smallest absolute Gasteiger partial charge is 0.0698 e. The second kappa shape index (κ2) is 11.8. The minimum absolute atomic E-state index is 0.107. The maximum Gasteiger partial charge on any atom is 0.0698 e. The van der Waals surface area contributed by atoms with Crippen LogP contribution in [0.3, 0.4) is 0 Å². The van der Waals surface area contributed by atoms with Crippen LogP contribution in [0, 0.1) is 0 Å². The fourth-order valence-electron chi connectivity index (χ4n) is 1.90. The van der Waals surface area contributed by atoms with Crippen molar-refractivity contribution in [1.82, 2.24) is 20.9 Å². The first-order valence-electron chi connectivity index (χ1n) is 6.96. The first-order valence-corrected chi connectivity index (χ1v) is 6.96. The summed E-state index contributed by atoms with van der Waals surface area (Å²) in [4.78, 5) is 2.40. The summed E-state index contributed by atoms with van der Waals surface area (Å²) in [6, 6.07) is 0. The summed E-state index contributed by atoms with van der Waals surface area (Å²) < 4.78 is 5.32. The molecule has 0 aromatic rings. The molecule has 0 aromatic carbocycles. The number of nitrogens with one attached hydrogen (secondary N) is 3. The van der Waals surface area contributed by atoms with Crippen LogP contribution in [0.25, 0.3) is 0 Å². The molecule has 0 atom stereocenters. The molecule has 0 aliphatic carbocycles. The topological polar surface area (TPSA) is 68.8 Å². The minimum atomic E-state index is 0.107. The summed E-state index contributed by atoms with van der Waals surface area (Å²) in [5, 5.41) is 18.9. The van der Waals surface area contributed by atoms with E-state index in [1.165, 1.54) is 0 Å². The Bertz CT molecular complexity index is 169. The lowest BCUT2D eigenvalue weighted by Gasteiger charge is -2.23. The zero-order chi connectivity index (χ0) is 12.9. The van der Waals surface area contributed by atoms with Gasteiger partial charge in [0.15, 0.2) is 0 Å². The van der Waals surface area contributed by atoms with Gasteiger partial charge in [-0.1, -0.05) is 0 Å². The number of aliphatic hydroxyl groups is 1. The summed E-state index contributed by atoms with van der Waals surface area (Å²) in [5.41, 5.74) is 0. The molecule has 1 aliphatic heterocycles. The highest BCUT2D eigenvalue weighted by atomic mass is 16.5. The van der Waals surface area contributed by atoms with E-state index in [0.29, 0.717) is 13.2 Å². The molecular formula is C12H28N4O2. The van der Waals surface area contributed by atoms with Crippen molar-refractivity contribution in [2.24, 2.45) is 0 Å². The van der Waals surface area contributed by atoms with Crippen molar-refractivity contribution in [2.75, 3.05) is 78.7 Å². The average molecular weight is 260 g/mol. The standard InChI is InChI=1S/C12H28N4O2/c17-10-12-18-11-9-16-7-5-14-3-1-13-2-4-15-6-8-16/h13-15,17H,1-12H2. The lowest BCUT2D eigenvalue weighted by atomic mass is 10.4. The zero-order valence-corrected chi connectivity index (χ0v) is 11.3. The molecule has 6 heteroatoms. The molecule has 0 saturated carbocycles. The molecular weight excluding hydrogens is 232 g/mol. The van der Waals surface area contributed by atoms with Gasteiger partial charge in [-0.2, -0.15) is 0 Å². The molecule has 0 amide bonds. The molecule has 4 N–H and O–H groups in total. The van der Waals surface area contributed by atoms with E-state index in [1.54, 1.807) is 0 Å². The van der Waals surface area contributed by atoms with E-state index in [9.17, 15) is 0 Å². The van der Waals surface area contributed by atoms with Crippen LogP contribution in [0.15, 0.2) is 0 Å². The van der Waals surface area contributed by atoms with Crippen molar-refractivity contribution in [3.8, 4) is 0 Å². The third-order valence-electron chi connectivity index (χ3n) is 2.95. The van der Waals surface area contributed by atoms with E-state index in [2.05, 4.69) is 20.9 Å². The van der Waals surface area contributed by atoms with Crippen LogP contribution < -0.4 is 16.0 Å². The molecule has 1 saturated heterocycles. The summed E-state index contributed by atoms with van der Waals surface area (Å²) in [5.74, 6) is 0. The molecule has 0 unspecified atom stereocenters. The Kier molecular flexibility index (Phi) is 10.4. The van der Waals surface area contributed by atoms with Crippen molar-refractivity contribution in [1.29, 1.82) is 0 Å². The SMILES string of the molecule is OCCOCCN1CCNCCNCCNCC1. The van der Waals surface area contributed by atoms with Crippen molar-refractivity contribution in [2.45, 2.75) is 0 Å². The number of hydrogen-bond donors (Lipinski definition) is 4. The minimum Gasteiger partial charge on any atom is -0.394 e. The second-order valence-electron chi connectivity index (χ2n) is 4.43. The Morgan fingerprint density at radius 3 is 1.94 bits per heavy atom. The van der Waals surface area contributed by atoms with E-state index in [0.717, 1.165) is 58.9 Å². The van der Waals surface area contributed by atoms with Crippen LogP contribution in [0.5, 0.6) is 0 Å². The average Bonchev–Trinajstić information content (AvgIpc) is 2.37. The molecule has 0 spiro atoms. The monoisotopic (exact) mass is 260 g/mol. The maximum absolute atomic E-state index is 8.65. The molecule has 1 rings (SSSR count). The lowest BCUT2D eigenvalue weighted by Crippen LogP contribution is -2.42. The highest BCUT2D eigenvalue weighted by Crippen LogP contribution is 1.88. The van der Waals surface area contributed by atoms with Gasteiger partial charge in [0.25, 0.3) is 0 Å². The van der Waals surface area contributed by atoms with Crippen molar-refractivity contribution < 1.29 is 9.84 Å². The van der Waals surface area contributed by atoms with E-state index in [1.807, 2.05) is 0 Å². The van der Waals surface area contributed by atoms with Crippen molar-refractivity contribution in [3.63, 3.8) is 0 Å². The molecule has 108 valence electrons. The summed E-state index contributed by atoms with van der Waals surface area (Å²) >= 11 is 0. The number of rotatable bonds is 5. The van der Waals surface area contributed by atoms with E-state index >= 15 is 0 Å². The van der Waals surface area contributed by atoms with E-state index in [-0.39, 0.29) is 6.61 Å². The normalized spacial score (nSPS) is 21.2. The Labute approximate surface area is 110 Å². The highest BCUT2D eigenvalue weighted by molar-refractivity contribution is 4.64. The third kappa shape index (κ3) is 8.79. The van der Waals surface area contributed by atoms with Gasteiger partial charge >= 0.3 is 0 Å². The predicted molar refractivity (Wildman–Crippen MR) is 73.0 cm³/mol. The second-order valence-corrected chi connectivity index (χ2v) is 4.43. The molecule has 1 heterocycles. The van der Waals surface area contributed by atoms with Gasteiger partial charge in [-0.05, 0) is 0 Å². The summed E-state index contributed by atoms with van der Waals surface area (Å²) in [6.07, 6.45) is 0. The predicted octanol–water partition coefficient (Wildman–Crippen LogP) is -1.92. The van der Waals surface area contributed by atoms with Crippen LogP contribution in [0.1, 0.15) is 0 Å². The number of aliphatic hydroxyl groups excluding tert-OH is 1. The van der Waals surface area contributed by atoms with Crippen LogP contribution in [0.4, 0.5) is 0 Å². The Balaban J connectivity index is 2.14. The molecule has 0 bridgehead atoms. The quantitative estimate of drug-likeness (QED) is 0.432. The van der Waals surface area contributed by atoms with Gasteiger partial charge in [-0.25, -0.2) is 0 Å². The first kappa shape index (κ1) is 15.8. The molecule has 18 heavy (non-hydrogen) atoms. The highest BCUT2D eigenvalue weighted by Gasteiger charge is 2.05. The van der Waals surface area contributed by atoms with Crippen LogP contribution in [-0.2, 0) is 4.74 Å². The molecule has 1 fully saturated rings. The van der Waals surface area contributed by atoms with Gasteiger partial charge in [0.1, 0.15) is 0 Å². The Morgan fingerprint density at radius 2 is 1.39 bits per heavy atom. The van der Waals surface area contributed by atoms with Gasteiger partial charge < -0.3 is 25.8 Å². The first-order chi connectivity index (χ1) is 8.93. The fourth-order valence-corrected chi connectivity index (χ4v) is 1.90. The van der Waals surface area contributed by atoms with Gasteiger partial charge in [-0.15, -0.1) is 0 Å². The Hall–Kier alpha value is -0.240. The zero-order valence-electron chi connectivity index (χ0n) is 11.3. The third-order valence-corrected chi connectivity index (χ3v) is 2.95. The van der Waals surface area contributed by atoms with Crippen LogP contribution in [0.2, 0.25) is 0 Å². The fraction of sp³-hybridized carbons (Fsp3) is 1.00. The summed E-state index contributed by atoms with van der Waals surface area (Å²) in [6.45, 7) is 10.4. The van der Waals surface area contributed by atoms with Gasteiger partial charge in [0.2, 0.25) is 0 Å².